The van der Waals surface area contributed by atoms with Gasteiger partial charge in [-0.3, -0.25) is 0 Å². The van der Waals surface area contributed by atoms with Gasteiger partial charge in [-0.05, 0) is 25.7 Å². The molecule has 0 radical (unpaired) electrons. The minimum atomic E-state index is -4.48. The first-order chi connectivity index (χ1) is 7.42. The van der Waals surface area contributed by atoms with Gasteiger partial charge in [0.25, 0.3) is 0 Å². The van der Waals surface area contributed by atoms with Crippen LogP contribution in [0.1, 0.15) is 38.5 Å². The first kappa shape index (κ1) is 12.2. The Morgan fingerprint density at radius 3 is 2.00 bits per heavy atom. The summed E-state index contributed by atoms with van der Waals surface area (Å²) in [5, 5.41) is 9.52. The van der Waals surface area contributed by atoms with Crippen molar-refractivity contribution in [2.45, 2.75) is 56.3 Å². The van der Waals surface area contributed by atoms with Gasteiger partial charge in [-0.15, -0.1) is 0 Å². The lowest BCUT2D eigenvalue weighted by atomic mass is 9.90. The predicted octanol–water partition coefficient (Wildman–Crippen LogP) is 2.32. The fraction of sp³-hybridized carbons (Fsp3) is 1.00. The number of piperidine rings is 1. The molecule has 1 heterocycles. The van der Waals surface area contributed by atoms with E-state index in [1.165, 1.54) is 12.8 Å². The molecule has 0 aromatic rings. The summed E-state index contributed by atoms with van der Waals surface area (Å²) in [5.41, 5.74) is -2.44. The van der Waals surface area contributed by atoms with Crippen molar-refractivity contribution < 1.29 is 18.3 Å². The molecule has 1 aliphatic heterocycles. The Kier molecular flexibility index (Phi) is 3.18. The van der Waals surface area contributed by atoms with Crippen LogP contribution < -0.4 is 0 Å². The maximum atomic E-state index is 12.6. The molecule has 1 saturated heterocycles. The topological polar surface area (TPSA) is 23.5 Å². The summed E-state index contributed by atoms with van der Waals surface area (Å²) in [6.07, 6.45) is -0.251. The van der Waals surface area contributed by atoms with Crippen LogP contribution in [0.2, 0.25) is 0 Å². The highest BCUT2D eigenvalue weighted by atomic mass is 19.4. The molecule has 0 aromatic heterocycles. The molecule has 0 atom stereocenters. The zero-order valence-corrected chi connectivity index (χ0v) is 9.26. The third-order valence-electron chi connectivity index (χ3n) is 3.99. The van der Waals surface area contributed by atoms with Crippen molar-refractivity contribution in [1.29, 1.82) is 0 Å². The van der Waals surface area contributed by atoms with Crippen molar-refractivity contribution in [2.75, 3.05) is 13.1 Å². The Morgan fingerprint density at radius 1 is 1.06 bits per heavy atom. The lowest BCUT2D eigenvalue weighted by molar-refractivity contribution is -0.273. The van der Waals surface area contributed by atoms with E-state index in [2.05, 4.69) is 4.90 Å². The van der Waals surface area contributed by atoms with Gasteiger partial charge in [0.05, 0.1) is 0 Å². The predicted molar refractivity (Wildman–Crippen MR) is 54.1 cm³/mol. The molecule has 0 unspecified atom stereocenters. The number of alkyl halides is 3. The summed E-state index contributed by atoms with van der Waals surface area (Å²) >= 11 is 0. The van der Waals surface area contributed by atoms with Gasteiger partial charge in [0, 0.05) is 19.1 Å². The van der Waals surface area contributed by atoms with Crippen LogP contribution in [0.25, 0.3) is 0 Å². The highest BCUT2D eigenvalue weighted by molar-refractivity contribution is 4.94. The average Bonchev–Trinajstić information content (AvgIpc) is 2.70. The Labute approximate surface area is 93.4 Å². The van der Waals surface area contributed by atoms with E-state index in [-0.39, 0.29) is 12.8 Å². The number of hydrogen-bond acceptors (Lipinski definition) is 2. The average molecular weight is 237 g/mol. The molecule has 0 amide bonds. The highest BCUT2D eigenvalue weighted by Gasteiger charge is 2.54. The Morgan fingerprint density at radius 2 is 1.56 bits per heavy atom. The Bertz CT molecular complexity index is 240. The normalized spacial score (nSPS) is 28.5. The van der Waals surface area contributed by atoms with E-state index in [9.17, 15) is 18.3 Å². The van der Waals surface area contributed by atoms with Crippen LogP contribution in [0.15, 0.2) is 0 Å². The number of hydrogen-bond donors (Lipinski definition) is 1. The van der Waals surface area contributed by atoms with Crippen molar-refractivity contribution >= 4 is 0 Å². The van der Waals surface area contributed by atoms with Crippen LogP contribution in [-0.2, 0) is 0 Å². The van der Waals surface area contributed by atoms with Crippen LogP contribution in [0, 0.1) is 0 Å². The number of likely N-dealkylation sites (tertiary alicyclic amines) is 1. The minimum Gasteiger partial charge on any atom is -0.380 e. The van der Waals surface area contributed by atoms with E-state index in [0.717, 1.165) is 12.8 Å². The quantitative estimate of drug-likeness (QED) is 0.756. The monoisotopic (exact) mass is 237 g/mol. The molecule has 2 aliphatic rings. The smallest absolute Gasteiger partial charge is 0.380 e. The van der Waals surface area contributed by atoms with Gasteiger partial charge in [0.2, 0.25) is 0 Å². The molecule has 1 aliphatic carbocycles. The van der Waals surface area contributed by atoms with Crippen LogP contribution in [0.3, 0.4) is 0 Å². The third-order valence-corrected chi connectivity index (χ3v) is 3.99. The van der Waals surface area contributed by atoms with Gasteiger partial charge in [-0.2, -0.15) is 13.2 Å². The molecule has 94 valence electrons. The maximum Gasteiger partial charge on any atom is 0.417 e. The molecular formula is C11H18F3NO. The molecule has 0 spiro atoms. The number of nitrogens with zero attached hydrogens (tertiary/aromatic N) is 1. The SMILES string of the molecule is OC1(C(F)(F)F)CCN(C2CCCC2)CC1. The lowest BCUT2D eigenvalue weighted by Crippen LogP contribution is -2.54. The lowest BCUT2D eigenvalue weighted by Gasteiger charge is -2.41. The Balaban J connectivity index is 1.91. The zero-order valence-electron chi connectivity index (χ0n) is 9.26. The number of halogens is 3. The summed E-state index contributed by atoms with van der Waals surface area (Å²) < 4.78 is 37.7. The molecule has 2 rings (SSSR count). The van der Waals surface area contributed by atoms with Gasteiger partial charge in [0.1, 0.15) is 0 Å². The van der Waals surface area contributed by atoms with Crippen LogP contribution in [-0.4, -0.2) is 40.9 Å². The molecular weight excluding hydrogens is 219 g/mol. The van der Waals surface area contributed by atoms with Gasteiger partial charge in [-0.25, -0.2) is 0 Å². The van der Waals surface area contributed by atoms with Crippen molar-refractivity contribution in [2.24, 2.45) is 0 Å². The van der Waals surface area contributed by atoms with Gasteiger partial charge < -0.3 is 10.0 Å². The molecule has 0 aromatic carbocycles. The van der Waals surface area contributed by atoms with Crippen LogP contribution >= 0.6 is 0 Å². The summed E-state index contributed by atoms with van der Waals surface area (Å²) in [4.78, 5) is 2.12. The second-order valence-electron chi connectivity index (χ2n) is 5.00. The number of rotatable bonds is 1. The van der Waals surface area contributed by atoms with E-state index >= 15 is 0 Å². The van der Waals surface area contributed by atoms with E-state index in [4.69, 9.17) is 0 Å². The summed E-state index contributed by atoms with van der Waals surface area (Å²) in [6.45, 7) is 0.751. The van der Waals surface area contributed by atoms with E-state index in [0.29, 0.717) is 19.1 Å². The van der Waals surface area contributed by atoms with Crippen LogP contribution in [0.4, 0.5) is 13.2 Å². The molecule has 16 heavy (non-hydrogen) atoms. The van der Waals surface area contributed by atoms with Crippen molar-refractivity contribution in [1.82, 2.24) is 4.90 Å². The number of aliphatic hydroxyl groups is 1. The zero-order chi connectivity index (χ0) is 11.8. The van der Waals surface area contributed by atoms with Gasteiger partial charge >= 0.3 is 6.18 Å². The summed E-state index contributed by atoms with van der Waals surface area (Å²) in [5.74, 6) is 0. The van der Waals surface area contributed by atoms with Crippen molar-refractivity contribution in [3.63, 3.8) is 0 Å². The second kappa shape index (κ2) is 4.18. The second-order valence-corrected chi connectivity index (χ2v) is 5.00. The first-order valence-corrected chi connectivity index (χ1v) is 5.95. The standard InChI is InChI=1S/C11H18F3NO/c12-11(13,14)10(16)5-7-15(8-6-10)9-3-1-2-4-9/h9,16H,1-8H2. The minimum absolute atomic E-state index is 0.174. The fourth-order valence-electron chi connectivity index (χ4n) is 2.81. The third kappa shape index (κ3) is 2.20. The van der Waals surface area contributed by atoms with Crippen LogP contribution in [0.5, 0.6) is 0 Å². The Hall–Kier alpha value is -0.290. The molecule has 1 saturated carbocycles. The van der Waals surface area contributed by atoms with E-state index in [1.54, 1.807) is 0 Å². The van der Waals surface area contributed by atoms with Crippen molar-refractivity contribution in [3.05, 3.63) is 0 Å². The largest absolute Gasteiger partial charge is 0.417 e. The molecule has 2 fully saturated rings. The first-order valence-electron chi connectivity index (χ1n) is 5.95. The summed E-state index contributed by atoms with van der Waals surface area (Å²) in [6, 6.07) is 0.456. The molecule has 1 N–H and O–H groups in total. The van der Waals surface area contributed by atoms with Gasteiger partial charge in [0.15, 0.2) is 5.60 Å². The van der Waals surface area contributed by atoms with Crippen molar-refractivity contribution in [3.8, 4) is 0 Å². The molecule has 0 bridgehead atoms. The maximum absolute atomic E-state index is 12.6. The molecule has 2 nitrogen and oxygen atoms in total. The molecule has 5 heteroatoms. The van der Waals surface area contributed by atoms with E-state index < -0.39 is 11.8 Å². The van der Waals surface area contributed by atoms with E-state index in [1.807, 2.05) is 0 Å². The summed E-state index contributed by atoms with van der Waals surface area (Å²) in [7, 11) is 0. The fourth-order valence-corrected chi connectivity index (χ4v) is 2.81. The highest BCUT2D eigenvalue weighted by Crippen LogP contribution is 2.39. The van der Waals surface area contributed by atoms with Gasteiger partial charge in [-0.1, -0.05) is 12.8 Å².